The largest absolute Gasteiger partial charge is 0.379 e. The maximum absolute atomic E-state index is 5.40. The molecule has 4 nitrogen and oxygen atoms in total. The highest BCUT2D eigenvalue weighted by Gasteiger charge is 2.24. The topological polar surface area (TPSA) is 41.2 Å². The molecule has 0 amide bonds. The zero-order chi connectivity index (χ0) is 13.5. The highest BCUT2D eigenvalue weighted by Crippen LogP contribution is 2.37. The van der Waals surface area contributed by atoms with Crippen LogP contribution in [0.4, 0.5) is 0 Å². The molecule has 1 aliphatic carbocycles. The molecule has 0 radical (unpaired) electrons. The maximum Gasteiger partial charge on any atom is 0.0999 e. The van der Waals surface area contributed by atoms with E-state index in [-0.39, 0.29) is 0 Å². The number of ether oxygens (including phenoxy) is 1. The van der Waals surface area contributed by atoms with Crippen LogP contribution in [0.3, 0.4) is 0 Å². The molecule has 0 bridgehead atoms. The molecular formula is C15H16IN3O. The van der Waals surface area contributed by atoms with Gasteiger partial charge in [-0.05, 0) is 39.8 Å². The maximum atomic E-state index is 5.40. The number of aromatic nitrogens is 2. The van der Waals surface area contributed by atoms with Crippen molar-refractivity contribution in [2.45, 2.75) is 13.0 Å². The van der Waals surface area contributed by atoms with E-state index >= 15 is 0 Å². The molecule has 2 aliphatic rings. The van der Waals surface area contributed by atoms with E-state index in [2.05, 4.69) is 55.9 Å². The molecule has 2 aromatic rings. The predicted molar refractivity (Wildman–Crippen MR) is 85.6 cm³/mol. The first-order valence-corrected chi connectivity index (χ1v) is 8.04. The van der Waals surface area contributed by atoms with Gasteiger partial charge < -0.3 is 4.74 Å². The third-order valence-electron chi connectivity index (χ3n) is 4.12. The van der Waals surface area contributed by atoms with Gasteiger partial charge in [-0.3, -0.25) is 10.00 Å². The van der Waals surface area contributed by atoms with Crippen LogP contribution < -0.4 is 0 Å². The summed E-state index contributed by atoms with van der Waals surface area (Å²) < 4.78 is 6.57. The summed E-state index contributed by atoms with van der Waals surface area (Å²) in [5, 5.41) is 7.55. The molecule has 0 unspecified atom stereocenters. The number of morpholine rings is 1. The second kappa shape index (κ2) is 5.13. The Hall–Kier alpha value is -0.920. The lowest BCUT2D eigenvalue weighted by Crippen LogP contribution is -2.35. The number of halogens is 1. The molecule has 20 heavy (non-hydrogen) atoms. The number of aromatic amines is 1. The number of nitrogens with zero attached hydrogens (tertiary/aromatic N) is 2. The molecule has 0 saturated carbocycles. The van der Waals surface area contributed by atoms with Crippen molar-refractivity contribution >= 4 is 22.6 Å². The molecule has 1 saturated heterocycles. The Morgan fingerprint density at radius 2 is 2.15 bits per heavy atom. The average molecular weight is 381 g/mol. The van der Waals surface area contributed by atoms with Gasteiger partial charge in [0, 0.05) is 37.2 Å². The Bertz CT molecular complexity index is 647. The lowest BCUT2D eigenvalue weighted by Gasteiger charge is -2.26. The number of benzene rings is 1. The lowest BCUT2D eigenvalue weighted by atomic mass is 10.1. The molecule has 0 spiro atoms. The van der Waals surface area contributed by atoms with Crippen LogP contribution in [0.5, 0.6) is 0 Å². The van der Waals surface area contributed by atoms with Crippen LogP contribution >= 0.6 is 22.6 Å². The monoisotopic (exact) mass is 381 g/mol. The fraction of sp³-hybridized carbons (Fsp3) is 0.400. The Kier molecular flexibility index (Phi) is 3.28. The lowest BCUT2D eigenvalue weighted by molar-refractivity contribution is 0.0342. The van der Waals surface area contributed by atoms with Crippen molar-refractivity contribution in [1.82, 2.24) is 15.1 Å². The number of H-pyrrole nitrogens is 1. The molecule has 2 heterocycles. The third-order valence-corrected chi connectivity index (χ3v) is 5.02. The predicted octanol–water partition coefficient (Wildman–Crippen LogP) is 2.42. The van der Waals surface area contributed by atoms with E-state index in [1.54, 1.807) is 0 Å². The summed E-state index contributed by atoms with van der Waals surface area (Å²) in [6.45, 7) is 4.78. The van der Waals surface area contributed by atoms with Crippen LogP contribution in [0.25, 0.3) is 11.3 Å². The summed E-state index contributed by atoms with van der Waals surface area (Å²) in [4.78, 5) is 2.45. The molecule has 0 atom stereocenters. The number of hydrogen-bond donors (Lipinski definition) is 1. The van der Waals surface area contributed by atoms with E-state index in [9.17, 15) is 0 Å². The number of rotatable bonds is 2. The minimum atomic E-state index is 0.854. The first-order chi connectivity index (χ1) is 9.81. The van der Waals surface area contributed by atoms with Gasteiger partial charge in [-0.2, -0.15) is 5.10 Å². The molecule has 5 heteroatoms. The van der Waals surface area contributed by atoms with Crippen molar-refractivity contribution in [3.05, 3.63) is 38.6 Å². The van der Waals surface area contributed by atoms with Gasteiger partial charge in [-0.25, -0.2) is 0 Å². The standard InChI is InChI=1S/C15H16IN3O/c16-15-13-8-11-2-1-10(7-12(11)14(13)17-18-15)9-19-3-5-20-6-4-19/h1-2,7H,3-6,8-9H2,(H,17,18). The SMILES string of the molecule is Ic1[nH]nc2c1Cc1ccc(CN3CCOCC3)cc1-2. The van der Waals surface area contributed by atoms with Gasteiger partial charge in [0.15, 0.2) is 0 Å². The molecule has 104 valence electrons. The van der Waals surface area contributed by atoms with Crippen molar-refractivity contribution in [1.29, 1.82) is 0 Å². The van der Waals surface area contributed by atoms with Crippen molar-refractivity contribution in [2.75, 3.05) is 26.3 Å². The van der Waals surface area contributed by atoms with Crippen molar-refractivity contribution in [3.63, 3.8) is 0 Å². The highest BCUT2D eigenvalue weighted by atomic mass is 127. The highest BCUT2D eigenvalue weighted by molar-refractivity contribution is 14.1. The second-order valence-corrected chi connectivity index (χ2v) is 6.50. The number of hydrogen-bond acceptors (Lipinski definition) is 3. The van der Waals surface area contributed by atoms with Crippen LogP contribution in [0.15, 0.2) is 18.2 Å². The Balaban J connectivity index is 1.62. The average Bonchev–Trinajstić information content (AvgIpc) is 3.01. The van der Waals surface area contributed by atoms with E-state index in [1.807, 2.05) is 0 Å². The second-order valence-electron chi connectivity index (χ2n) is 5.42. The van der Waals surface area contributed by atoms with E-state index in [0.717, 1.165) is 45.0 Å². The Morgan fingerprint density at radius 3 is 3.00 bits per heavy atom. The fourth-order valence-corrected chi connectivity index (χ4v) is 3.60. The van der Waals surface area contributed by atoms with Gasteiger partial charge in [-0.15, -0.1) is 0 Å². The summed E-state index contributed by atoms with van der Waals surface area (Å²) in [5.41, 5.74) is 6.58. The van der Waals surface area contributed by atoms with Crippen molar-refractivity contribution in [3.8, 4) is 11.3 Å². The zero-order valence-corrected chi connectivity index (χ0v) is 13.3. The minimum absolute atomic E-state index is 0.854. The minimum Gasteiger partial charge on any atom is -0.379 e. The smallest absolute Gasteiger partial charge is 0.0999 e. The summed E-state index contributed by atoms with van der Waals surface area (Å²) in [5.74, 6) is 0. The molecule has 1 aromatic carbocycles. The van der Waals surface area contributed by atoms with Gasteiger partial charge in [0.25, 0.3) is 0 Å². The van der Waals surface area contributed by atoms with Crippen LogP contribution in [-0.2, 0) is 17.7 Å². The summed E-state index contributed by atoms with van der Waals surface area (Å²) in [7, 11) is 0. The van der Waals surface area contributed by atoms with Crippen LogP contribution in [0, 0.1) is 3.70 Å². The van der Waals surface area contributed by atoms with E-state index in [0.29, 0.717) is 0 Å². The van der Waals surface area contributed by atoms with E-state index in [1.165, 1.54) is 26.0 Å². The number of nitrogens with one attached hydrogen (secondary N) is 1. The molecule has 1 aromatic heterocycles. The first-order valence-electron chi connectivity index (χ1n) is 6.96. The summed E-state index contributed by atoms with van der Waals surface area (Å²) in [6, 6.07) is 6.84. The van der Waals surface area contributed by atoms with Gasteiger partial charge in [0.1, 0.15) is 0 Å². The zero-order valence-electron chi connectivity index (χ0n) is 11.2. The van der Waals surface area contributed by atoms with E-state index < -0.39 is 0 Å². The molecule has 4 rings (SSSR count). The van der Waals surface area contributed by atoms with Gasteiger partial charge in [-0.1, -0.05) is 12.1 Å². The third kappa shape index (κ3) is 2.17. The molecule has 1 aliphatic heterocycles. The van der Waals surface area contributed by atoms with Crippen LogP contribution in [-0.4, -0.2) is 41.4 Å². The van der Waals surface area contributed by atoms with E-state index in [4.69, 9.17) is 4.74 Å². The summed E-state index contributed by atoms with van der Waals surface area (Å²) >= 11 is 2.33. The molecule has 1 N–H and O–H groups in total. The Morgan fingerprint density at radius 1 is 1.30 bits per heavy atom. The summed E-state index contributed by atoms with van der Waals surface area (Å²) in [6.07, 6.45) is 1.01. The van der Waals surface area contributed by atoms with Crippen molar-refractivity contribution < 1.29 is 4.74 Å². The van der Waals surface area contributed by atoms with Gasteiger partial charge >= 0.3 is 0 Å². The van der Waals surface area contributed by atoms with Crippen LogP contribution in [0.2, 0.25) is 0 Å². The van der Waals surface area contributed by atoms with Gasteiger partial charge in [0.05, 0.1) is 22.6 Å². The van der Waals surface area contributed by atoms with Gasteiger partial charge in [0.2, 0.25) is 0 Å². The molecule has 1 fully saturated rings. The molecular weight excluding hydrogens is 365 g/mol. The first kappa shape index (κ1) is 12.8. The van der Waals surface area contributed by atoms with Crippen molar-refractivity contribution in [2.24, 2.45) is 0 Å². The quantitative estimate of drug-likeness (QED) is 0.694. The normalized spacial score (nSPS) is 18.1. The number of fused-ring (bicyclic) bond motifs is 3. The Labute approximate surface area is 131 Å². The van der Waals surface area contributed by atoms with Crippen LogP contribution in [0.1, 0.15) is 16.7 Å². The fourth-order valence-electron chi connectivity index (χ4n) is 3.03.